The van der Waals surface area contributed by atoms with E-state index in [0.717, 1.165) is 31.3 Å². The minimum Gasteiger partial charge on any atom is -0.381 e. The van der Waals surface area contributed by atoms with Gasteiger partial charge in [-0.15, -0.1) is 0 Å². The van der Waals surface area contributed by atoms with Gasteiger partial charge in [0.05, 0.1) is 6.61 Å². The van der Waals surface area contributed by atoms with Crippen molar-refractivity contribution in [2.24, 2.45) is 5.92 Å². The average Bonchev–Trinajstić information content (AvgIpc) is 2.83. The topological polar surface area (TPSA) is 59.1 Å². The molecule has 1 aromatic heterocycles. The van der Waals surface area contributed by atoms with Gasteiger partial charge in [-0.3, -0.25) is 0 Å². The fraction of sp³-hybridized carbons (Fsp3) is 0.636. The van der Waals surface area contributed by atoms with Crippen LogP contribution in [0.2, 0.25) is 0 Å². The zero-order valence-electron chi connectivity index (χ0n) is 9.73. The Morgan fingerprint density at radius 3 is 2.94 bits per heavy atom. The molecule has 2 atom stereocenters. The van der Waals surface area contributed by atoms with E-state index in [0.29, 0.717) is 12.0 Å². The quantitative estimate of drug-likeness (QED) is 0.805. The fourth-order valence-corrected chi connectivity index (χ4v) is 1.87. The fourth-order valence-electron chi connectivity index (χ4n) is 1.87. The summed E-state index contributed by atoms with van der Waals surface area (Å²) in [5.41, 5.74) is 0. The number of rotatable bonds is 4. The number of anilines is 2. The lowest BCUT2D eigenvalue weighted by Gasteiger charge is -2.19. The summed E-state index contributed by atoms with van der Waals surface area (Å²) in [4.78, 5) is 8.27. The van der Waals surface area contributed by atoms with E-state index in [9.17, 15) is 0 Å². The zero-order valence-corrected chi connectivity index (χ0v) is 9.73. The van der Waals surface area contributed by atoms with Crippen LogP contribution in [0.15, 0.2) is 12.4 Å². The molecule has 0 spiro atoms. The van der Waals surface area contributed by atoms with Gasteiger partial charge < -0.3 is 15.4 Å². The van der Waals surface area contributed by atoms with E-state index in [4.69, 9.17) is 4.74 Å². The summed E-state index contributed by atoms with van der Waals surface area (Å²) < 4.78 is 5.38. The van der Waals surface area contributed by atoms with Crippen molar-refractivity contribution in [3.05, 3.63) is 12.4 Å². The van der Waals surface area contributed by atoms with Crippen LogP contribution < -0.4 is 10.6 Å². The van der Waals surface area contributed by atoms with Crippen molar-refractivity contribution >= 4 is 11.6 Å². The van der Waals surface area contributed by atoms with E-state index in [1.54, 1.807) is 6.33 Å². The van der Waals surface area contributed by atoms with Crippen LogP contribution in [0, 0.1) is 5.92 Å². The van der Waals surface area contributed by atoms with Crippen molar-refractivity contribution in [3.63, 3.8) is 0 Å². The summed E-state index contributed by atoms with van der Waals surface area (Å²) in [6.45, 7) is 3.89. The number of aromatic nitrogens is 2. The largest absolute Gasteiger partial charge is 0.381 e. The molecule has 2 heterocycles. The molecule has 88 valence electrons. The Labute approximate surface area is 95.6 Å². The predicted molar refractivity (Wildman–Crippen MR) is 63.6 cm³/mol. The highest BCUT2D eigenvalue weighted by atomic mass is 16.5. The third kappa shape index (κ3) is 2.61. The Balaban J connectivity index is 1.96. The molecule has 2 rings (SSSR count). The first-order chi connectivity index (χ1) is 7.79. The molecule has 5 nitrogen and oxygen atoms in total. The average molecular weight is 222 g/mol. The molecule has 0 bridgehead atoms. The summed E-state index contributed by atoms with van der Waals surface area (Å²) in [5, 5.41) is 6.38. The maximum atomic E-state index is 5.38. The SMILES string of the molecule is CNc1cc(NC(C)C2CCOC2)ncn1. The van der Waals surface area contributed by atoms with E-state index >= 15 is 0 Å². The number of hydrogen-bond donors (Lipinski definition) is 2. The number of ether oxygens (including phenoxy) is 1. The molecular weight excluding hydrogens is 204 g/mol. The third-order valence-corrected chi connectivity index (χ3v) is 2.97. The van der Waals surface area contributed by atoms with Crippen molar-refractivity contribution in [1.29, 1.82) is 0 Å². The van der Waals surface area contributed by atoms with Crippen molar-refractivity contribution in [2.75, 3.05) is 30.9 Å². The summed E-state index contributed by atoms with van der Waals surface area (Å²) in [7, 11) is 1.85. The Bertz CT molecular complexity index is 339. The smallest absolute Gasteiger partial charge is 0.131 e. The maximum Gasteiger partial charge on any atom is 0.131 e. The van der Waals surface area contributed by atoms with Crippen molar-refractivity contribution in [2.45, 2.75) is 19.4 Å². The molecule has 0 radical (unpaired) electrons. The van der Waals surface area contributed by atoms with E-state index in [1.165, 1.54) is 0 Å². The van der Waals surface area contributed by atoms with Crippen molar-refractivity contribution in [1.82, 2.24) is 9.97 Å². The van der Waals surface area contributed by atoms with Crippen LogP contribution in [0.1, 0.15) is 13.3 Å². The first kappa shape index (κ1) is 11.1. The Hall–Kier alpha value is -1.36. The van der Waals surface area contributed by atoms with Crippen LogP contribution in [0.3, 0.4) is 0 Å². The molecule has 0 saturated carbocycles. The summed E-state index contributed by atoms with van der Waals surface area (Å²) in [5.74, 6) is 2.26. The molecule has 5 heteroatoms. The van der Waals surface area contributed by atoms with Crippen LogP contribution in [0.5, 0.6) is 0 Å². The highest BCUT2D eigenvalue weighted by Gasteiger charge is 2.22. The predicted octanol–water partition coefficient (Wildman–Crippen LogP) is 1.36. The Morgan fingerprint density at radius 2 is 2.25 bits per heavy atom. The normalized spacial score (nSPS) is 21.8. The van der Waals surface area contributed by atoms with E-state index in [1.807, 2.05) is 13.1 Å². The van der Waals surface area contributed by atoms with Gasteiger partial charge in [-0.1, -0.05) is 0 Å². The highest BCUT2D eigenvalue weighted by Crippen LogP contribution is 2.19. The number of nitrogens with one attached hydrogen (secondary N) is 2. The van der Waals surface area contributed by atoms with Gasteiger partial charge in [0.1, 0.15) is 18.0 Å². The first-order valence-corrected chi connectivity index (χ1v) is 5.63. The second kappa shape index (κ2) is 5.12. The van der Waals surface area contributed by atoms with Gasteiger partial charge in [-0.05, 0) is 13.3 Å². The van der Waals surface area contributed by atoms with E-state index in [2.05, 4.69) is 27.5 Å². The second-order valence-corrected chi connectivity index (χ2v) is 4.10. The van der Waals surface area contributed by atoms with E-state index in [-0.39, 0.29) is 0 Å². The van der Waals surface area contributed by atoms with Gasteiger partial charge >= 0.3 is 0 Å². The van der Waals surface area contributed by atoms with Crippen LogP contribution in [0.25, 0.3) is 0 Å². The van der Waals surface area contributed by atoms with E-state index < -0.39 is 0 Å². The van der Waals surface area contributed by atoms with Crippen LogP contribution in [0.4, 0.5) is 11.6 Å². The Kier molecular flexibility index (Phi) is 3.56. The minimum absolute atomic E-state index is 0.377. The summed E-state index contributed by atoms with van der Waals surface area (Å²) in [6.07, 6.45) is 2.68. The highest BCUT2D eigenvalue weighted by molar-refractivity contribution is 5.46. The molecule has 1 saturated heterocycles. The molecule has 1 aliphatic rings. The van der Waals surface area contributed by atoms with Gasteiger partial charge in [0.25, 0.3) is 0 Å². The van der Waals surface area contributed by atoms with Gasteiger partial charge in [0, 0.05) is 31.7 Å². The summed E-state index contributed by atoms with van der Waals surface area (Å²) >= 11 is 0. The molecule has 16 heavy (non-hydrogen) atoms. The van der Waals surface area contributed by atoms with Crippen LogP contribution >= 0.6 is 0 Å². The summed E-state index contributed by atoms with van der Waals surface area (Å²) in [6, 6.07) is 2.29. The van der Waals surface area contributed by atoms with Crippen LogP contribution in [-0.2, 0) is 4.74 Å². The monoisotopic (exact) mass is 222 g/mol. The third-order valence-electron chi connectivity index (χ3n) is 2.97. The lowest BCUT2D eigenvalue weighted by Crippen LogP contribution is -2.26. The molecule has 1 fully saturated rings. The molecule has 2 N–H and O–H groups in total. The molecule has 2 unspecified atom stereocenters. The zero-order chi connectivity index (χ0) is 11.4. The number of hydrogen-bond acceptors (Lipinski definition) is 5. The molecule has 1 aliphatic heterocycles. The molecule has 0 amide bonds. The maximum absolute atomic E-state index is 5.38. The van der Waals surface area contributed by atoms with Crippen molar-refractivity contribution in [3.8, 4) is 0 Å². The Morgan fingerprint density at radius 1 is 1.44 bits per heavy atom. The lowest BCUT2D eigenvalue weighted by atomic mass is 10.0. The van der Waals surface area contributed by atoms with Crippen LogP contribution in [-0.4, -0.2) is 36.3 Å². The molecule has 1 aromatic rings. The number of nitrogens with zero attached hydrogens (tertiary/aromatic N) is 2. The molecular formula is C11H18N4O. The van der Waals surface area contributed by atoms with Gasteiger partial charge in [0.2, 0.25) is 0 Å². The first-order valence-electron chi connectivity index (χ1n) is 5.63. The van der Waals surface area contributed by atoms with Gasteiger partial charge in [-0.2, -0.15) is 0 Å². The standard InChI is InChI=1S/C11H18N4O/c1-8(9-3-4-16-6-9)15-11-5-10(12-2)13-7-14-11/h5,7-9H,3-4,6H2,1-2H3,(H2,12,13,14,15). The lowest BCUT2D eigenvalue weighted by molar-refractivity contribution is 0.183. The molecule has 0 aromatic carbocycles. The van der Waals surface area contributed by atoms with Gasteiger partial charge in [0.15, 0.2) is 0 Å². The van der Waals surface area contributed by atoms with Crippen molar-refractivity contribution < 1.29 is 4.74 Å². The van der Waals surface area contributed by atoms with Gasteiger partial charge in [-0.25, -0.2) is 9.97 Å². The second-order valence-electron chi connectivity index (χ2n) is 4.10. The molecule has 0 aliphatic carbocycles. The minimum atomic E-state index is 0.377.